The van der Waals surface area contributed by atoms with E-state index in [1.807, 2.05) is 58.0 Å². The van der Waals surface area contributed by atoms with Crippen molar-refractivity contribution >= 4 is 24.2 Å². The molecule has 1 fully saturated rings. The molecule has 32 heavy (non-hydrogen) atoms. The minimum absolute atomic E-state index is 0.104. The van der Waals surface area contributed by atoms with Crippen molar-refractivity contribution in [3.05, 3.63) is 35.9 Å². The summed E-state index contributed by atoms with van der Waals surface area (Å²) in [6.07, 6.45) is 1.21. The molecular formula is C24H35N3O5. The van der Waals surface area contributed by atoms with Crippen LogP contribution < -0.4 is 16.0 Å². The topological polar surface area (TPSA) is 114 Å². The number of amides is 3. The quantitative estimate of drug-likeness (QED) is 0.453. The molecule has 1 aromatic carbocycles. The molecule has 0 aliphatic carbocycles. The standard InChI is InChI=1S/C24H35N3O5/c1-16(2)12-20(22(30)26-19(14-28)13-17-10-11-25-21(17)29)27-23(31)32-15-24(3,4)18-8-6-5-7-9-18/h5-9,14,16-17,19-20H,10-13,15H2,1-4H3,(H,25,29)(H,26,30)(H,27,31)/t17-,19-,20-/m0/s1. The first-order valence-electron chi connectivity index (χ1n) is 11.1. The third-order valence-corrected chi connectivity index (χ3v) is 5.63. The van der Waals surface area contributed by atoms with Crippen LogP contribution in [0.25, 0.3) is 0 Å². The Hall–Kier alpha value is -2.90. The molecule has 2 rings (SSSR count). The number of alkyl carbamates (subject to hydrolysis) is 1. The van der Waals surface area contributed by atoms with Crippen LogP contribution in [0.5, 0.6) is 0 Å². The first-order valence-corrected chi connectivity index (χ1v) is 11.1. The van der Waals surface area contributed by atoms with E-state index in [4.69, 9.17) is 4.74 Å². The zero-order valence-electron chi connectivity index (χ0n) is 19.4. The Kier molecular flexibility index (Phi) is 9.23. The lowest BCUT2D eigenvalue weighted by atomic mass is 9.86. The van der Waals surface area contributed by atoms with E-state index >= 15 is 0 Å². The van der Waals surface area contributed by atoms with Crippen molar-refractivity contribution < 1.29 is 23.9 Å². The summed E-state index contributed by atoms with van der Waals surface area (Å²) in [6.45, 7) is 8.54. The number of hydrogen-bond acceptors (Lipinski definition) is 5. The van der Waals surface area contributed by atoms with Gasteiger partial charge in [-0.15, -0.1) is 0 Å². The molecule has 8 heteroatoms. The summed E-state index contributed by atoms with van der Waals surface area (Å²) >= 11 is 0. The predicted molar refractivity (Wildman–Crippen MR) is 121 cm³/mol. The molecule has 3 atom stereocenters. The zero-order valence-corrected chi connectivity index (χ0v) is 19.4. The molecule has 176 valence electrons. The normalized spacial score (nSPS) is 17.9. The van der Waals surface area contributed by atoms with Crippen LogP contribution in [-0.4, -0.2) is 49.4 Å². The number of aldehydes is 1. The minimum atomic E-state index is -0.845. The number of benzene rings is 1. The van der Waals surface area contributed by atoms with E-state index in [1.165, 1.54) is 0 Å². The molecule has 0 radical (unpaired) electrons. The molecule has 3 N–H and O–H groups in total. The van der Waals surface area contributed by atoms with Crippen molar-refractivity contribution in [1.29, 1.82) is 0 Å². The summed E-state index contributed by atoms with van der Waals surface area (Å²) < 4.78 is 5.42. The Morgan fingerprint density at radius 2 is 1.91 bits per heavy atom. The van der Waals surface area contributed by atoms with E-state index in [9.17, 15) is 19.2 Å². The fourth-order valence-corrected chi connectivity index (χ4v) is 3.71. The average molecular weight is 446 g/mol. The van der Waals surface area contributed by atoms with Gasteiger partial charge >= 0.3 is 6.09 Å². The predicted octanol–water partition coefficient (Wildman–Crippen LogP) is 2.31. The molecule has 1 aliphatic heterocycles. The zero-order chi connectivity index (χ0) is 23.7. The van der Waals surface area contributed by atoms with Crippen LogP contribution in [-0.2, 0) is 24.5 Å². The van der Waals surface area contributed by atoms with E-state index < -0.39 is 29.5 Å². The van der Waals surface area contributed by atoms with Gasteiger partial charge in [0, 0.05) is 17.9 Å². The van der Waals surface area contributed by atoms with Crippen molar-refractivity contribution in [2.24, 2.45) is 11.8 Å². The lowest BCUT2D eigenvalue weighted by Crippen LogP contribution is -2.51. The van der Waals surface area contributed by atoms with Gasteiger partial charge in [-0.2, -0.15) is 0 Å². The van der Waals surface area contributed by atoms with Gasteiger partial charge in [0.1, 0.15) is 18.9 Å². The summed E-state index contributed by atoms with van der Waals surface area (Å²) in [6, 6.07) is 8.09. The van der Waals surface area contributed by atoms with Gasteiger partial charge in [0.25, 0.3) is 0 Å². The van der Waals surface area contributed by atoms with Gasteiger partial charge in [-0.3, -0.25) is 9.59 Å². The molecule has 0 unspecified atom stereocenters. The molecule has 1 saturated heterocycles. The van der Waals surface area contributed by atoms with Crippen LogP contribution in [0.2, 0.25) is 0 Å². The number of ether oxygens (including phenoxy) is 1. The maximum atomic E-state index is 12.8. The van der Waals surface area contributed by atoms with Crippen molar-refractivity contribution in [2.75, 3.05) is 13.2 Å². The first-order chi connectivity index (χ1) is 15.1. The summed E-state index contributed by atoms with van der Waals surface area (Å²) in [5, 5.41) is 8.03. The van der Waals surface area contributed by atoms with E-state index in [1.54, 1.807) is 0 Å². The Morgan fingerprint density at radius 1 is 1.22 bits per heavy atom. The highest BCUT2D eigenvalue weighted by Gasteiger charge is 2.30. The van der Waals surface area contributed by atoms with Gasteiger partial charge in [0.2, 0.25) is 11.8 Å². The van der Waals surface area contributed by atoms with Crippen molar-refractivity contribution in [3.63, 3.8) is 0 Å². The van der Waals surface area contributed by atoms with Crippen molar-refractivity contribution in [1.82, 2.24) is 16.0 Å². The summed E-state index contributed by atoms with van der Waals surface area (Å²) in [5.41, 5.74) is 0.646. The number of nitrogens with one attached hydrogen (secondary N) is 3. The van der Waals surface area contributed by atoms with Crippen LogP contribution >= 0.6 is 0 Å². The SMILES string of the molecule is CC(C)C[C@H](NC(=O)OCC(C)(C)c1ccccc1)C(=O)N[C@H](C=O)C[C@@H]1CCNC1=O. The lowest BCUT2D eigenvalue weighted by molar-refractivity contribution is -0.127. The fourth-order valence-electron chi connectivity index (χ4n) is 3.71. The van der Waals surface area contributed by atoms with Gasteiger partial charge in [0.15, 0.2) is 0 Å². The van der Waals surface area contributed by atoms with Crippen LogP contribution in [0.3, 0.4) is 0 Å². The third-order valence-electron chi connectivity index (χ3n) is 5.63. The molecule has 0 aromatic heterocycles. The highest BCUT2D eigenvalue weighted by molar-refractivity contribution is 5.88. The maximum Gasteiger partial charge on any atom is 0.407 e. The number of hydrogen-bond donors (Lipinski definition) is 3. The van der Waals surface area contributed by atoms with Gasteiger partial charge in [0.05, 0.1) is 6.04 Å². The summed E-state index contributed by atoms with van der Waals surface area (Å²) in [4.78, 5) is 48.5. The molecule has 1 aliphatic rings. The number of carbonyl (C=O) groups is 4. The number of rotatable bonds is 11. The summed E-state index contributed by atoms with van der Waals surface area (Å²) in [5.74, 6) is -0.740. The number of carbonyl (C=O) groups excluding carboxylic acids is 4. The molecule has 0 bridgehead atoms. The van der Waals surface area contributed by atoms with Crippen LogP contribution in [0.15, 0.2) is 30.3 Å². The van der Waals surface area contributed by atoms with Gasteiger partial charge in [-0.25, -0.2) is 4.79 Å². The lowest BCUT2D eigenvalue weighted by Gasteiger charge is -2.26. The van der Waals surface area contributed by atoms with E-state index in [-0.39, 0.29) is 30.8 Å². The van der Waals surface area contributed by atoms with E-state index in [2.05, 4.69) is 16.0 Å². The van der Waals surface area contributed by atoms with Gasteiger partial charge in [-0.1, -0.05) is 58.0 Å². The second-order valence-electron chi connectivity index (χ2n) is 9.42. The monoisotopic (exact) mass is 445 g/mol. The Balaban J connectivity index is 1.94. The molecule has 1 aromatic rings. The molecule has 1 heterocycles. The Morgan fingerprint density at radius 3 is 2.47 bits per heavy atom. The Labute approximate surface area is 189 Å². The maximum absolute atomic E-state index is 12.8. The van der Waals surface area contributed by atoms with Crippen molar-refractivity contribution in [2.45, 2.75) is 64.5 Å². The Bertz CT molecular complexity index is 794. The highest BCUT2D eigenvalue weighted by atomic mass is 16.5. The molecule has 8 nitrogen and oxygen atoms in total. The summed E-state index contributed by atoms with van der Waals surface area (Å²) in [7, 11) is 0. The van der Waals surface area contributed by atoms with E-state index in [0.29, 0.717) is 25.7 Å². The molecular weight excluding hydrogens is 410 g/mol. The third kappa shape index (κ3) is 7.66. The first kappa shape index (κ1) is 25.4. The van der Waals surface area contributed by atoms with E-state index in [0.717, 1.165) is 5.56 Å². The highest BCUT2D eigenvalue weighted by Crippen LogP contribution is 2.23. The van der Waals surface area contributed by atoms with Gasteiger partial charge in [-0.05, 0) is 30.7 Å². The molecule has 0 spiro atoms. The smallest absolute Gasteiger partial charge is 0.407 e. The average Bonchev–Trinajstić information content (AvgIpc) is 3.16. The fraction of sp³-hybridized carbons (Fsp3) is 0.583. The van der Waals surface area contributed by atoms with Crippen molar-refractivity contribution in [3.8, 4) is 0 Å². The molecule has 0 saturated carbocycles. The van der Waals surface area contributed by atoms with Crippen LogP contribution in [0, 0.1) is 11.8 Å². The second kappa shape index (κ2) is 11.6. The molecule has 3 amide bonds. The largest absolute Gasteiger partial charge is 0.449 e. The van der Waals surface area contributed by atoms with Crippen LogP contribution in [0.4, 0.5) is 4.79 Å². The second-order valence-corrected chi connectivity index (χ2v) is 9.42. The van der Waals surface area contributed by atoms with Gasteiger partial charge < -0.3 is 25.5 Å². The minimum Gasteiger partial charge on any atom is -0.449 e. The van der Waals surface area contributed by atoms with Crippen LogP contribution in [0.1, 0.15) is 52.5 Å².